The molecule has 0 bridgehead atoms. The van der Waals surface area contributed by atoms with Crippen molar-refractivity contribution in [2.24, 2.45) is 0 Å². The molecule has 3 aromatic carbocycles. The minimum absolute atomic E-state index is 0.0428. The first-order valence-corrected chi connectivity index (χ1v) is 11.9. The summed E-state index contributed by atoms with van der Waals surface area (Å²) in [6.45, 7) is 0.415. The molecule has 1 heterocycles. The van der Waals surface area contributed by atoms with Gasteiger partial charge in [0.05, 0.1) is 20.8 Å². The van der Waals surface area contributed by atoms with Gasteiger partial charge in [-0.2, -0.15) is 0 Å². The maximum absolute atomic E-state index is 12.8. The second-order valence-electron chi connectivity index (χ2n) is 7.30. The number of thioether (sulfide) groups is 1. The summed E-state index contributed by atoms with van der Waals surface area (Å²) >= 11 is 10.2. The molecular formula is C24H16BrClN2O5S. The quantitative estimate of drug-likeness (QED) is 0.179. The van der Waals surface area contributed by atoms with Crippen molar-refractivity contribution in [3.63, 3.8) is 0 Å². The highest BCUT2D eigenvalue weighted by atomic mass is 79.9. The zero-order chi connectivity index (χ0) is 24.2. The lowest BCUT2D eigenvalue weighted by Crippen LogP contribution is -2.27. The molecule has 1 aliphatic heterocycles. The molecule has 4 rings (SSSR count). The number of ether oxygens (including phenoxy) is 1. The van der Waals surface area contributed by atoms with Crippen LogP contribution < -0.4 is 4.74 Å². The van der Waals surface area contributed by atoms with E-state index in [1.54, 1.807) is 30.3 Å². The van der Waals surface area contributed by atoms with Gasteiger partial charge in [-0.3, -0.25) is 24.6 Å². The van der Waals surface area contributed by atoms with E-state index >= 15 is 0 Å². The Bertz CT molecular complexity index is 1300. The van der Waals surface area contributed by atoms with Gasteiger partial charge < -0.3 is 4.74 Å². The zero-order valence-corrected chi connectivity index (χ0v) is 20.6. The monoisotopic (exact) mass is 558 g/mol. The summed E-state index contributed by atoms with van der Waals surface area (Å²) in [4.78, 5) is 36.9. The molecule has 0 N–H and O–H groups in total. The van der Waals surface area contributed by atoms with E-state index < -0.39 is 16.1 Å². The van der Waals surface area contributed by atoms with Crippen LogP contribution in [0.3, 0.4) is 0 Å². The molecule has 1 saturated heterocycles. The number of hydrogen-bond acceptors (Lipinski definition) is 6. The van der Waals surface area contributed by atoms with Gasteiger partial charge in [-0.25, -0.2) is 0 Å². The lowest BCUT2D eigenvalue weighted by atomic mass is 10.2. The van der Waals surface area contributed by atoms with E-state index in [-0.39, 0.29) is 12.2 Å². The minimum atomic E-state index is -0.501. The van der Waals surface area contributed by atoms with Gasteiger partial charge in [-0.05, 0) is 74.7 Å². The normalized spacial score (nSPS) is 14.6. The van der Waals surface area contributed by atoms with E-state index in [4.69, 9.17) is 16.3 Å². The number of rotatable bonds is 7. The van der Waals surface area contributed by atoms with Crippen molar-refractivity contribution in [1.82, 2.24) is 4.90 Å². The Morgan fingerprint density at radius 1 is 1.03 bits per heavy atom. The molecule has 0 spiro atoms. The van der Waals surface area contributed by atoms with E-state index in [1.807, 2.05) is 18.2 Å². The van der Waals surface area contributed by atoms with Crippen LogP contribution in [0, 0.1) is 10.1 Å². The van der Waals surface area contributed by atoms with Crippen LogP contribution in [0.4, 0.5) is 10.5 Å². The van der Waals surface area contributed by atoms with Gasteiger partial charge in [0.25, 0.3) is 16.8 Å². The van der Waals surface area contributed by atoms with Crippen LogP contribution in [0.2, 0.25) is 5.02 Å². The Labute approximate surface area is 212 Å². The molecule has 172 valence electrons. The highest BCUT2D eigenvalue weighted by molar-refractivity contribution is 9.10. The van der Waals surface area contributed by atoms with E-state index in [1.165, 1.54) is 24.3 Å². The number of non-ortho nitro benzene ring substituents is 1. The third-order valence-electron chi connectivity index (χ3n) is 4.92. The van der Waals surface area contributed by atoms with Crippen LogP contribution in [0.1, 0.15) is 16.7 Å². The maximum atomic E-state index is 12.8. The predicted molar refractivity (Wildman–Crippen MR) is 135 cm³/mol. The Kier molecular flexibility index (Phi) is 7.35. The van der Waals surface area contributed by atoms with Crippen LogP contribution >= 0.6 is 39.3 Å². The Morgan fingerprint density at radius 2 is 1.71 bits per heavy atom. The van der Waals surface area contributed by atoms with Crippen molar-refractivity contribution in [1.29, 1.82) is 0 Å². The molecule has 7 nitrogen and oxygen atoms in total. The first-order chi connectivity index (χ1) is 16.3. The van der Waals surface area contributed by atoms with Crippen LogP contribution in [0.5, 0.6) is 5.75 Å². The third-order valence-corrected chi connectivity index (χ3v) is 6.70. The number of amides is 2. The van der Waals surface area contributed by atoms with Crippen molar-refractivity contribution in [3.8, 4) is 5.75 Å². The number of imide groups is 1. The topological polar surface area (TPSA) is 89.8 Å². The lowest BCUT2D eigenvalue weighted by molar-refractivity contribution is -0.384. The number of halogens is 2. The van der Waals surface area contributed by atoms with E-state index in [9.17, 15) is 19.7 Å². The van der Waals surface area contributed by atoms with Gasteiger partial charge in [-0.15, -0.1) is 0 Å². The highest BCUT2D eigenvalue weighted by Crippen LogP contribution is 2.35. The first-order valence-electron chi connectivity index (χ1n) is 9.95. The Morgan fingerprint density at radius 3 is 2.35 bits per heavy atom. The number of carbonyl (C=O) groups excluding carboxylic acids is 2. The molecule has 0 unspecified atom stereocenters. The molecule has 0 saturated carbocycles. The van der Waals surface area contributed by atoms with Crippen LogP contribution in [0.25, 0.3) is 6.08 Å². The Balaban J connectivity index is 1.43. The molecule has 0 atom stereocenters. The van der Waals surface area contributed by atoms with Crippen LogP contribution in [0.15, 0.2) is 76.1 Å². The van der Waals surface area contributed by atoms with Gasteiger partial charge in [-0.1, -0.05) is 41.9 Å². The average Bonchev–Trinajstić information content (AvgIpc) is 3.07. The van der Waals surface area contributed by atoms with E-state index in [0.29, 0.717) is 32.3 Å². The number of nitro benzene ring substituents is 1. The standard InChI is InChI=1S/C24H16BrClN2O5S/c25-20-11-17(5-10-21(20)33-14-16-1-6-18(26)7-2-16)12-22-23(29)27(24(30)34-22)13-15-3-8-19(9-4-15)28(31)32/h1-12H,13-14H2. The summed E-state index contributed by atoms with van der Waals surface area (Å²) in [5, 5.41) is 11.1. The SMILES string of the molecule is O=C1SC(=Cc2ccc(OCc3ccc(Cl)cc3)c(Br)c2)C(=O)N1Cc1ccc([N+](=O)[O-])cc1. The lowest BCUT2D eigenvalue weighted by Gasteiger charge is -2.12. The third kappa shape index (κ3) is 5.67. The van der Waals surface area contributed by atoms with E-state index in [0.717, 1.165) is 27.8 Å². The molecular weight excluding hydrogens is 544 g/mol. The summed E-state index contributed by atoms with van der Waals surface area (Å²) in [6.07, 6.45) is 1.65. The number of nitro groups is 1. The summed E-state index contributed by atoms with van der Waals surface area (Å²) in [6, 6.07) is 18.5. The Hall–Kier alpha value is -3.14. The first kappa shape index (κ1) is 24.0. The summed E-state index contributed by atoms with van der Waals surface area (Å²) in [7, 11) is 0. The van der Waals surface area contributed by atoms with Crippen LogP contribution in [-0.2, 0) is 17.9 Å². The summed E-state index contributed by atoms with van der Waals surface area (Å²) < 4.78 is 6.55. The fraction of sp³-hybridized carbons (Fsp3) is 0.0833. The maximum Gasteiger partial charge on any atom is 0.293 e. The number of benzene rings is 3. The summed E-state index contributed by atoms with van der Waals surface area (Å²) in [5.41, 5.74) is 2.27. The average molecular weight is 560 g/mol. The molecule has 3 aromatic rings. The molecule has 0 aromatic heterocycles. The molecule has 34 heavy (non-hydrogen) atoms. The predicted octanol–water partition coefficient (Wildman–Crippen LogP) is 6.83. The summed E-state index contributed by atoms with van der Waals surface area (Å²) in [5.74, 6) is 0.228. The van der Waals surface area contributed by atoms with Crippen LogP contribution in [-0.4, -0.2) is 21.0 Å². The molecule has 1 aliphatic rings. The van der Waals surface area contributed by atoms with Crippen molar-refractivity contribution >= 4 is 62.2 Å². The molecule has 10 heteroatoms. The fourth-order valence-corrected chi connectivity index (χ4v) is 4.63. The molecule has 2 amide bonds. The largest absolute Gasteiger partial charge is 0.488 e. The van der Waals surface area contributed by atoms with Gasteiger partial charge in [0.2, 0.25) is 0 Å². The number of nitrogens with zero attached hydrogens (tertiary/aromatic N) is 2. The van der Waals surface area contributed by atoms with Gasteiger partial charge >= 0.3 is 0 Å². The second-order valence-corrected chi connectivity index (χ2v) is 9.58. The van der Waals surface area contributed by atoms with Gasteiger partial charge in [0, 0.05) is 17.2 Å². The van der Waals surface area contributed by atoms with Crippen molar-refractivity contribution < 1.29 is 19.2 Å². The van der Waals surface area contributed by atoms with Crippen molar-refractivity contribution in [3.05, 3.63) is 108 Å². The number of carbonyl (C=O) groups is 2. The number of hydrogen-bond donors (Lipinski definition) is 0. The second kappa shape index (κ2) is 10.4. The van der Waals surface area contributed by atoms with Crippen molar-refractivity contribution in [2.75, 3.05) is 0 Å². The van der Waals surface area contributed by atoms with Gasteiger partial charge in [0.1, 0.15) is 12.4 Å². The molecule has 0 radical (unpaired) electrons. The molecule has 0 aliphatic carbocycles. The van der Waals surface area contributed by atoms with E-state index in [2.05, 4.69) is 15.9 Å². The molecule has 1 fully saturated rings. The smallest absolute Gasteiger partial charge is 0.293 e. The fourth-order valence-electron chi connectivity index (χ4n) is 3.16. The zero-order valence-electron chi connectivity index (χ0n) is 17.4. The highest BCUT2D eigenvalue weighted by Gasteiger charge is 2.35. The van der Waals surface area contributed by atoms with Crippen molar-refractivity contribution in [2.45, 2.75) is 13.2 Å². The van der Waals surface area contributed by atoms with Gasteiger partial charge in [0.15, 0.2) is 0 Å². The minimum Gasteiger partial charge on any atom is -0.488 e.